The molecule has 1 aliphatic heterocycles. The number of nitrogens with one attached hydrogen (secondary N) is 1. The normalized spacial score (nSPS) is 14.1. The minimum Gasteiger partial charge on any atom is -0.360 e. The minimum absolute atomic E-state index is 0.0289. The van der Waals surface area contributed by atoms with Crippen molar-refractivity contribution in [3.8, 4) is 11.1 Å². The summed E-state index contributed by atoms with van der Waals surface area (Å²) in [6.45, 7) is 0. The predicted octanol–water partition coefficient (Wildman–Crippen LogP) is 9.59. The third kappa shape index (κ3) is 4.80. The summed E-state index contributed by atoms with van der Waals surface area (Å²) in [6.07, 6.45) is -0.380. The molecule has 1 amide bonds. The van der Waals surface area contributed by atoms with Crippen LogP contribution >= 0.6 is 0 Å². The first-order valence-electron chi connectivity index (χ1n) is 14.1. The van der Waals surface area contributed by atoms with Gasteiger partial charge in [-0.05, 0) is 77.4 Å². The molecule has 0 saturated heterocycles. The number of amides is 1. The summed E-state index contributed by atoms with van der Waals surface area (Å²) in [5, 5.41) is 3.66. The fourth-order valence-electron chi connectivity index (χ4n) is 5.63. The van der Waals surface area contributed by atoms with Crippen molar-refractivity contribution in [2.24, 2.45) is 0 Å². The highest BCUT2D eigenvalue weighted by Crippen LogP contribution is 2.40. The Balaban J connectivity index is 1.30. The lowest BCUT2D eigenvalue weighted by molar-refractivity contribution is 0.0975. The van der Waals surface area contributed by atoms with Gasteiger partial charge in [0.15, 0.2) is 0 Å². The molecule has 0 aromatic heterocycles. The number of rotatable bonds is 6. The highest BCUT2D eigenvalue weighted by atomic mass is 16.2. The second-order valence-corrected chi connectivity index (χ2v) is 10.3. The van der Waals surface area contributed by atoms with Gasteiger partial charge in [-0.25, -0.2) is 0 Å². The number of carbonyl (C=O) groups excluding carboxylic acids is 1. The van der Waals surface area contributed by atoms with Gasteiger partial charge < -0.3 is 10.2 Å². The van der Waals surface area contributed by atoms with E-state index in [1.807, 2.05) is 71.6 Å². The van der Waals surface area contributed by atoms with Crippen molar-refractivity contribution >= 4 is 34.3 Å². The van der Waals surface area contributed by atoms with E-state index in [1.54, 1.807) is 0 Å². The Morgan fingerprint density at radius 3 is 1.74 bits per heavy atom. The van der Waals surface area contributed by atoms with Crippen LogP contribution in [-0.4, -0.2) is 5.91 Å². The maximum Gasteiger partial charge on any atom is 0.262 e. The number of para-hydroxylation sites is 3. The Bertz CT molecular complexity index is 1780. The molecule has 1 unspecified atom stereocenters. The van der Waals surface area contributed by atoms with Gasteiger partial charge in [0.05, 0.1) is 5.56 Å². The Hall–Kier alpha value is -5.61. The molecule has 0 fully saturated rings. The smallest absolute Gasteiger partial charge is 0.262 e. The average Bonchev–Trinajstić information content (AvgIpc) is 3.07. The molecule has 1 heterocycles. The van der Waals surface area contributed by atoms with E-state index < -0.39 is 0 Å². The monoisotopic (exact) mass is 543 g/mol. The van der Waals surface area contributed by atoms with Crippen molar-refractivity contribution < 1.29 is 4.79 Å². The molecule has 1 atom stereocenters. The zero-order chi connectivity index (χ0) is 28.3. The molecule has 1 aliphatic rings. The van der Waals surface area contributed by atoms with Gasteiger partial charge in [-0.3, -0.25) is 9.69 Å². The van der Waals surface area contributed by atoms with Crippen LogP contribution in [0.3, 0.4) is 0 Å². The molecule has 6 aromatic carbocycles. The fourth-order valence-corrected chi connectivity index (χ4v) is 5.63. The van der Waals surface area contributed by atoms with Crippen LogP contribution in [0.5, 0.6) is 0 Å². The number of fused-ring (bicyclic) bond motifs is 1. The van der Waals surface area contributed by atoms with Gasteiger partial charge in [-0.15, -0.1) is 0 Å². The van der Waals surface area contributed by atoms with Crippen molar-refractivity contribution in [2.45, 2.75) is 6.17 Å². The van der Waals surface area contributed by atoms with E-state index in [-0.39, 0.29) is 12.1 Å². The molecular weight excluding hydrogens is 514 g/mol. The molecule has 42 heavy (non-hydrogen) atoms. The van der Waals surface area contributed by atoms with E-state index >= 15 is 0 Å². The summed E-state index contributed by atoms with van der Waals surface area (Å²) in [5.74, 6) is -0.0289. The standard InChI is InChI=1S/C38H29N3O/c42-38-35-21-10-11-22-36(35)39-37(41(38)34-20-12-15-30(27-34)28-13-4-1-5-14-28)29-23-25-33(26-24-29)40(31-16-6-2-7-17-31)32-18-8-3-9-19-32/h1-27,37,39H. The molecule has 1 N–H and O–H groups in total. The molecule has 0 aliphatic carbocycles. The van der Waals surface area contributed by atoms with Gasteiger partial charge in [-0.2, -0.15) is 0 Å². The Morgan fingerprint density at radius 1 is 0.524 bits per heavy atom. The zero-order valence-electron chi connectivity index (χ0n) is 23.0. The van der Waals surface area contributed by atoms with Crippen LogP contribution in [0.1, 0.15) is 22.1 Å². The number of anilines is 5. The van der Waals surface area contributed by atoms with Crippen LogP contribution in [0.15, 0.2) is 164 Å². The molecule has 0 bridgehead atoms. The summed E-state index contributed by atoms with van der Waals surface area (Å²) in [6, 6.07) is 55.4. The van der Waals surface area contributed by atoms with Crippen molar-refractivity contribution in [1.29, 1.82) is 0 Å². The second-order valence-electron chi connectivity index (χ2n) is 10.3. The van der Waals surface area contributed by atoms with Crippen LogP contribution < -0.4 is 15.1 Å². The number of nitrogens with zero attached hydrogens (tertiary/aromatic N) is 2. The third-order valence-electron chi connectivity index (χ3n) is 7.65. The first-order valence-corrected chi connectivity index (χ1v) is 14.1. The molecule has 4 heteroatoms. The number of benzene rings is 6. The molecule has 0 radical (unpaired) electrons. The molecule has 7 rings (SSSR count). The lowest BCUT2D eigenvalue weighted by Gasteiger charge is -2.38. The highest BCUT2D eigenvalue weighted by molar-refractivity contribution is 6.12. The van der Waals surface area contributed by atoms with Crippen molar-refractivity contribution in [2.75, 3.05) is 15.1 Å². The highest BCUT2D eigenvalue weighted by Gasteiger charge is 2.34. The summed E-state index contributed by atoms with van der Waals surface area (Å²) in [5.41, 5.74) is 8.70. The first-order chi connectivity index (χ1) is 20.8. The first kappa shape index (κ1) is 25.4. The lowest BCUT2D eigenvalue weighted by atomic mass is 10.00. The maximum atomic E-state index is 14.1. The molecule has 6 aromatic rings. The van der Waals surface area contributed by atoms with Gasteiger partial charge in [-0.1, -0.05) is 103 Å². The van der Waals surface area contributed by atoms with E-state index in [0.29, 0.717) is 5.56 Å². The van der Waals surface area contributed by atoms with Gasteiger partial charge in [0, 0.05) is 28.4 Å². The van der Waals surface area contributed by atoms with Gasteiger partial charge in [0.2, 0.25) is 0 Å². The van der Waals surface area contributed by atoms with E-state index in [0.717, 1.165) is 45.1 Å². The topological polar surface area (TPSA) is 35.6 Å². The van der Waals surface area contributed by atoms with Crippen LogP contribution in [0.25, 0.3) is 11.1 Å². The van der Waals surface area contributed by atoms with Gasteiger partial charge in [0.1, 0.15) is 6.17 Å². The molecule has 0 saturated carbocycles. The Morgan fingerprint density at radius 2 is 1.07 bits per heavy atom. The van der Waals surface area contributed by atoms with Crippen molar-refractivity contribution in [1.82, 2.24) is 0 Å². The van der Waals surface area contributed by atoms with Crippen LogP contribution in [0, 0.1) is 0 Å². The average molecular weight is 544 g/mol. The van der Waals surface area contributed by atoms with Crippen molar-refractivity contribution in [3.05, 3.63) is 175 Å². The van der Waals surface area contributed by atoms with E-state index in [1.165, 1.54) is 0 Å². The molecule has 4 nitrogen and oxygen atoms in total. The SMILES string of the molecule is O=C1c2ccccc2NC(c2ccc(N(c3ccccc3)c3ccccc3)cc2)N1c1cccc(-c2ccccc2)c1. The van der Waals surface area contributed by atoms with E-state index in [2.05, 4.69) is 107 Å². The summed E-state index contributed by atoms with van der Waals surface area (Å²) in [4.78, 5) is 18.2. The summed E-state index contributed by atoms with van der Waals surface area (Å²) < 4.78 is 0. The number of hydrogen-bond donors (Lipinski definition) is 1. The minimum atomic E-state index is -0.380. The molecule has 0 spiro atoms. The largest absolute Gasteiger partial charge is 0.360 e. The zero-order valence-corrected chi connectivity index (χ0v) is 23.0. The van der Waals surface area contributed by atoms with Gasteiger partial charge in [0.25, 0.3) is 5.91 Å². The predicted molar refractivity (Wildman–Crippen MR) is 173 cm³/mol. The Labute approximate surface area is 246 Å². The van der Waals surface area contributed by atoms with Crippen LogP contribution in [-0.2, 0) is 0 Å². The Kier molecular flexibility index (Phi) is 6.71. The number of hydrogen-bond acceptors (Lipinski definition) is 3. The third-order valence-corrected chi connectivity index (χ3v) is 7.65. The van der Waals surface area contributed by atoms with Gasteiger partial charge >= 0.3 is 0 Å². The quantitative estimate of drug-likeness (QED) is 0.227. The summed E-state index contributed by atoms with van der Waals surface area (Å²) in [7, 11) is 0. The molecule has 202 valence electrons. The number of carbonyl (C=O) groups is 1. The van der Waals surface area contributed by atoms with Crippen molar-refractivity contribution in [3.63, 3.8) is 0 Å². The summed E-state index contributed by atoms with van der Waals surface area (Å²) >= 11 is 0. The van der Waals surface area contributed by atoms with Crippen LogP contribution in [0.2, 0.25) is 0 Å². The van der Waals surface area contributed by atoms with Crippen LogP contribution in [0.4, 0.5) is 28.4 Å². The lowest BCUT2D eigenvalue weighted by Crippen LogP contribution is -2.43. The fraction of sp³-hybridized carbons (Fsp3) is 0.0263. The molecular formula is C38H29N3O. The maximum absolute atomic E-state index is 14.1. The second kappa shape index (κ2) is 11.1. The van der Waals surface area contributed by atoms with E-state index in [9.17, 15) is 4.79 Å². The van der Waals surface area contributed by atoms with E-state index in [4.69, 9.17) is 0 Å².